The monoisotopic (exact) mass is 353 g/mol. The zero-order chi connectivity index (χ0) is 14.9. The van der Waals surface area contributed by atoms with Gasteiger partial charge in [0.2, 0.25) is 0 Å². The number of likely N-dealkylation sites (tertiary alicyclic amines) is 1. The van der Waals surface area contributed by atoms with Crippen molar-refractivity contribution in [3.63, 3.8) is 0 Å². The van der Waals surface area contributed by atoms with Gasteiger partial charge in [-0.1, -0.05) is 22.0 Å². The molecule has 1 nitrogen and oxygen atoms in total. The van der Waals surface area contributed by atoms with Crippen LogP contribution in [0.25, 0.3) is 0 Å². The highest BCUT2D eigenvalue weighted by Crippen LogP contribution is 2.33. The van der Waals surface area contributed by atoms with E-state index in [0.717, 1.165) is 5.56 Å². The number of hydrogen-bond donors (Lipinski definition) is 0. The number of alkyl halides is 3. The van der Waals surface area contributed by atoms with E-state index in [-0.39, 0.29) is 25.3 Å². The van der Waals surface area contributed by atoms with Crippen molar-refractivity contribution in [3.8, 4) is 0 Å². The summed E-state index contributed by atoms with van der Waals surface area (Å²) >= 11 is 3.24. The van der Waals surface area contributed by atoms with E-state index in [2.05, 4.69) is 15.9 Å². The van der Waals surface area contributed by atoms with Crippen molar-refractivity contribution in [1.29, 1.82) is 0 Å². The van der Waals surface area contributed by atoms with Gasteiger partial charge in [0.15, 0.2) is 0 Å². The maximum Gasteiger partial charge on any atom is 0.393 e. The lowest BCUT2D eigenvalue weighted by atomic mass is 9.97. The summed E-state index contributed by atoms with van der Waals surface area (Å²) in [5.74, 6) is -1.67. The van der Waals surface area contributed by atoms with Crippen LogP contribution in [0, 0.1) is 18.7 Å². The first-order valence-electron chi connectivity index (χ1n) is 6.51. The van der Waals surface area contributed by atoms with Crippen molar-refractivity contribution >= 4 is 15.9 Å². The molecule has 1 aliphatic heterocycles. The van der Waals surface area contributed by atoms with Gasteiger partial charge in [0.25, 0.3) is 0 Å². The maximum absolute atomic E-state index is 13.8. The fourth-order valence-corrected chi connectivity index (χ4v) is 2.86. The van der Waals surface area contributed by atoms with E-state index >= 15 is 0 Å². The second kappa shape index (κ2) is 6.02. The van der Waals surface area contributed by atoms with E-state index in [1.807, 2.05) is 6.92 Å². The van der Waals surface area contributed by atoms with Crippen LogP contribution < -0.4 is 0 Å². The zero-order valence-electron chi connectivity index (χ0n) is 11.1. The maximum atomic E-state index is 13.8. The Morgan fingerprint density at radius 1 is 1.35 bits per heavy atom. The largest absolute Gasteiger partial charge is 0.393 e. The highest BCUT2D eigenvalue weighted by Gasteiger charge is 2.41. The molecule has 0 aliphatic carbocycles. The minimum Gasteiger partial charge on any atom is -0.298 e. The van der Waals surface area contributed by atoms with Gasteiger partial charge in [-0.3, -0.25) is 4.90 Å². The summed E-state index contributed by atoms with van der Waals surface area (Å²) in [7, 11) is 0. The number of nitrogens with zero attached hydrogens (tertiary/aromatic N) is 1. The van der Waals surface area contributed by atoms with Gasteiger partial charge < -0.3 is 0 Å². The van der Waals surface area contributed by atoms with Gasteiger partial charge in [0.05, 0.1) is 5.92 Å². The molecule has 0 amide bonds. The minimum atomic E-state index is -4.16. The van der Waals surface area contributed by atoms with Crippen LogP contribution >= 0.6 is 15.9 Å². The molecule has 1 unspecified atom stereocenters. The summed E-state index contributed by atoms with van der Waals surface area (Å²) in [5.41, 5.74) is 1.33. The number of benzene rings is 1. The van der Waals surface area contributed by atoms with Crippen molar-refractivity contribution < 1.29 is 17.6 Å². The van der Waals surface area contributed by atoms with Crippen molar-refractivity contribution in [2.75, 3.05) is 13.1 Å². The average molecular weight is 354 g/mol. The highest BCUT2D eigenvalue weighted by atomic mass is 79.9. The molecule has 0 spiro atoms. The molecule has 6 heteroatoms. The van der Waals surface area contributed by atoms with Crippen LogP contribution in [0.2, 0.25) is 0 Å². The second-order valence-electron chi connectivity index (χ2n) is 5.31. The van der Waals surface area contributed by atoms with E-state index in [0.29, 0.717) is 23.0 Å². The molecule has 0 bridgehead atoms. The van der Waals surface area contributed by atoms with Gasteiger partial charge >= 0.3 is 6.18 Å². The molecule has 1 fully saturated rings. The summed E-state index contributed by atoms with van der Waals surface area (Å²) in [5, 5.41) is 0. The fourth-order valence-electron chi connectivity index (χ4n) is 2.55. The molecule has 1 saturated heterocycles. The van der Waals surface area contributed by atoms with Crippen LogP contribution in [0.3, 0.4) is 0 Å². The number of aryl methyl sites for hydroxylation is 1. The second-order valence-corrected chi connectivity index (χ2v) is 6.16. The summed E-state index contributed by atoms with van der Waals surface area (Å²) < 4.78 is 52.7. The Hall–Kier alpha value is -0.620. The molecule has 0 radical (unpaired) electrons. The SMILES string of the molecule is Cc1cc(CN2CCCC(C(F)(F)F)C2)c(F)cc1Br. The lowest BCUT2D eigenvalue weighted by molar-refractivity contribution is -0.187. The molecule has 2 rings (SSSR count). The highest BCUT2D eigenvalue weighted by molar-refractivity contribution is 9.10. The molecular formula is C14H16BrF4N. The molecule has 1 aromatic carbocycles. The topological polar surface area (TPSA) is 3.24 Å². The van der Waals surface area contributed by atoms with Gasteiger partial charge in [0.1, 0.15) is 5.82 Å². The van der Waals surface area contributed by atoms with E-state index in [9.17, 15) is 17.6 Å². The Morgan fingerprint density at radius 2 is 2.05 bits per heavy atom. The lowest BCUT2D eigenvalue weighted by Gasteiger charge is -2.33. The molecular weight excluding hydrogens is 338 g/mol. The zero-order valence-corrected chi connectivity index (χ0v) is 12.7. The number of rotatable bonds is 2. The Morgan fingerprint density at radius 3 is 2.70 bits per heavy atom. The fraction of sp³-hybridized carbons (Fsp3) is 0.571. The molecule has 0 aromatic heterocycles. The lowest BCUT2D eigenvalue weighted by Crippen LogP contribution is -2.41. The summed E-state index contributed by atoms with van der Waals surface area (Å²) in [4.78, 5) is 1.69. The van der Waals surface area contributed by atoms with Gasteiger partial charge in [-0.15, -0.1) is 0 Å². The van der Waals surface area contributed by atoms with Crippen LogP contribution in [0.1, 0.15) is 24.0 Å². The number of halogens is 5. The smallest absolute Gasteiger partial charge is 0.298 e. The third-order valence-electron chi connectivity index (χ3n) is 3.69. The first-order valence-corrected chi connectivity index (χ1v) is 7.30. The van der Waals surface area contributed by atoms with Crippen LogP contribution in [-0.4, -0.2) is 24.2 Å². The van der Waals surface area contributed by atoms with Crippen LogP contribution in [0.4, 0.5) is 17.6 Å². The van der Waals surface area contributed by atoms with Crippen molar-refractivity contribution in [3.05, 3.63) is 33.5 Å². The molecule has 1 heterocycles. The molecule has 20 heavy (non-hydrogen) atoms. The molecule has 1 aliphatic rings. The Kier molecular flexibility index (Phi) is 4.74. The number of hydrogen-bond acceptors (Lipinski definition) is 1. The predicted molar refractivity (Wildman–Crippen MR) is 72.9 cm³/mol. The summed E-state index contributed by atoms with van der Waals surface area (Å²) in [6.45, 7) is 2.60. The summed E-state index contributed by atoms with van der Waals surface area (Å²) in [6.07, 6.45) is -3.49. The van der Waals surface area contributed by atoms with Crippen molar-refractivity contribution in [2.45, 2.75) is 32.5 Å². The molecule has 112 valence electrons. The minimum absolute atomic E-state index is 0.0436. The Labute approximate surface area is 124 Å². The van der Waals surface area contributed by atoms with E-state index in [1.54, 1.807) is 11.0 Å². The van der Waals surface area contributed by atoms with Gasteiger partial charge in [-0.05, 0) is 37.9 Å². The van der Waals surface area contributed by atoms with Crippen molar-refractivity contribution in [2.24, 2.45) is 5.92 Å². The first-order chi connectivity index (χ1) is 9.27. The number of piperidine rings is 1. The van der Waals surface area contributed by atoms with Gasteiger partial charge in [-0.2, -0.15) is 13.2 Å². The normalized spacial score (nSPS) is 21.2. The van der Waals surface area contributed by atoms with Crippen molar-refractivity contribution in [1.82, 2.24) is 4.90 Å². The van der Waals surface area contributed by atoms with Crippen LogP contribution in [0.5, 0.6) is 0 Å². The third kappa shape index (κ3) is 3.73. The average Bonchev–Trinajstić information content (AvgIpc) is 2.35. The van der Waals surface area contributed by atoms with Gasteiger partial charge in [-0.25, -0.2) is 4.39 Å². The quantitative estimate of drug-likeness (QED) is 0.698. The summed E-state index contributed by atoms with van der Waals surface area (Å²) in [6, 6.07) is 3.06. The predicted octanol–water partition coefficient (Wildman–Crippen LogP) is 4.67. The first kappa shape index (κ1) is 15.8. The van der Waals surface area contributed by atoms with E-state index < -0.39 is 12.1 Å². The van der Waals surface area contributed by atoms with E-state index in [4.69, 9.17) is 0 Å². The molecule has 1 aromatic rings. The van der Waals surface area contributed by atoms with E-state index in [1.165, 1.54) is 6.07 Å². The van der Waals surface area contributed by atoms with Crippen LogP contribution in [0.15, 0.2) is 16.6 Å². The molecule has 0 N–H and O–H groups in total. The molecule has 0 saturated carbocycles. The standard InChI is InChI=1S/C14H16BrF4N/c1-9-5-10(13(16)6-12(9)15)7-20-4-2-3-11(8-20)14(17,18)19/h5-6,11H,2-4,7-8H2,1H3. The molecule has 1 atom stereocenters. The van der Waals surface area contributed by atoms with Crippen LogP contribution in [-0.2, 0) is 6.54 Å². The Balaban J connectivity index is 2.08. The third-order valence-corrected chi connectivity index (χ3v) is 4.54. The Bertz CT molecular complexity index is 487. The van der Waals surface area contributed by atoms with Gasteiger partial charge in [0, 0.05) is 23.1 Å².